The number of hydrogen-bond donors (Lipinski definition) is 2. The number of nitrogens with one attached hydrogen (secondary N) is 1. The molecule has 1 aliphatic rings. The molecule has 1 amide bonds. The number of carboxylic acids is 1. The monoisotopic (exact) mass is 312 g/mol. The molecule has 0 radical (unpaired) electrons. The number of carbonyl (C=O) groups excluding carboxylic acids is 1. The number of hydrogen-bond acceptors (Lipinski definition) is 2. The van der Waals surface area contributed by atoms with Crippen LogP contribution in [0.25, 0.3) is 0 Å². The minimum Gasteiger partial charge on any atom is -0.481 e. The van der Waals surface area contributed by atoms with Gasteiger partial charge >= 0.3 is 5.97 Å². The molecule has 6 heteroatoms. The number of nitrogens with zero attached hydrogens (tertiary/aromatic N) is 1. The van der Waals surface area contributed by atoms with Crippen molar-refractivity contribution in [3.05, 3.63) is 34.6 Å². The van der Waals surface area contributed by atoms with Crippen molar-refractivity contribution in [2.45, 2.75) is 12.5 Å². The second kappa shape index (κ2) is 4.97. The van der Waals surface area contributed by atoms with E-state index < -0.39 is 11.9 Å². The smallest absolute Gasteiger partial charge is 0.310 e. The van der Waals surface area contributed by atoms with Gasteiger partial charge in [0.2, 0.25) is 0 Å². The molecule has 0 aliphatic heterocycles. The summed E-state index contributed by atoms with van der Waals surface area (Å²) in [5.41, 5.74) is 0.536. The molecule has 0 bridgehead atoms. The lowest BCUT2D eigenvalue weighted by Crippen LogP contribution is -2.34. The molecule has 0 aromatic carbocycles. The molecule has 0 spiro atoms. The number of rotatable bonds is 3. The Hall–Kier alpha value is -1.56. The molecule has 2 unspecified atom stereocenters. The summed E-state index contributed by atoms with van der Waals surface area (Å²) in [6.07, 6.45) is 5.55. The number of aryl methyl sites for hydroxylation is 1. The average molecular weight is 313 g/mol. The van der Waals surface area contributed by atoms with Crippen LogP contribution in [0.2, 0.25) is 0 Å². The second-order valence-electron chi connectivity index (χ2n) is 4.30. The highest BCUT2D eigenvalue weighted by Crippen LogP contribution is 2.19. The highest BCUT2D eigenvalue weighted by molar-refractivity contribution is 9.10. The van der Waals surface area contributed by atoms with Crippen molar-refractivity contribution in [1.82, 2.24) is 9.88 Å². The Morgan fingerprint density at radius 1 is 1.50 bits per heavy atom. The number of aromatic nitrogens is 1. The summed E-state index contributed by atoms with van der Waals surface area (Å²) in [7, 11) is 1.78. The molecule has 1 aromatic rings. The van der Waals surface area contributed by atoms with E-state index in [0.29, 0.717) is 12.1 Å². The first-order valence-corrected chi connectivity index (χ1v) is 6.30. The predicted octanol–water partition coefficient (Wildman–Crippen LogP) is 1.55. The molecule has 0 saturated heterocycles. The van der Waals surface area contributed by atoms with E-state index in [0.717, 1.165) is 4.47 Å². The molecule has 2 N–H and O–H groups in total. The molecule has 1 aliphatic carbocycles. The molecule has 1 aromatic heterocycles. The Morgan fingerprint density at radius 2 is 2.22 bits per heavy atom. The lowest BCUT2D eigenvalue weighted by molar-refractivity contribution is -0.140. The van der Waals surface area contributed by atoms with E-state index in [1.807, 2.05) is 0 Å². The van der Waals surface area contributed by atoms with E-state index in [2.05, 4.69) is 21.2 Å². The van der Waals surface area contributed by atoms with Crippen LogP contribution in [0.5, 0.6) is 0 Å². The predicted molar refractivity (Wildman–Crippen MR) is 69.3 cm³/mol. The maximum atomic E-state index is 12.0. The zero-order chi connectivity index (χ0) is 13.3. The summed E-state index contributed by atoms with van der Waals surface area (Å²) in [6, 6.07) is 1.51. The van der Waals surface area contributed by atoms with Gasteiger partial charge in [0.05, 0.1) is 5.92 Å². The quantitative estimate of drug-likeness (QED) is 0.832. The average Bonchev–Trinajstić information content (AvgIpc) is 2.85. The third kappa shape index (κ3) is 2.64. The molecule has 18 heavy (non-hydrogen) atoms. The molecule has 96 valence electrons. The van der Waals surface area contributed by atoms with Gasteiger partial charge < -0.3 is 15.0 Å². The summed E-state index contributed by atoms with van der Waals surface area (Å²) in [5, 5.41) is 11.7. The standard InChI is InChI=1S/C12H13BrN2O3/c1-15-6-8(13)5-10(15)11(16)14-9-3-2-7(4-9)12(17)18/h2-3,5-7,9H,4H2,1H3,(H,14,16)(H,17,18). The molecular weight excluding hydrogens is 300 g/mol. The number of carboxylic acid groups (broad SMARTS) is 1. The van der Waals surface area contributed by atoms with Crippen LogP contribution >= 0.6 is 15.9 Å². The van der Waals surface area contributed by atoms with Crippen LogP contribution in [0.3, 0.4) is 0 Å². The van der Waals surface area contributed by atoms with E-state index in [1.54, 1.807) is 36.0 Å². The highest BCUT2D eigenvalue weighted by atomic mass is 79.9. The summed E-state index contributed by atoms with van der Waals surface area (Å²) in [5.74, 6) is -1.57. The topological polar surface area (TPSA) is 71.3 Å². The first kappa shape index (κ1) is 12.9. The van der Waals surface area contributed by atoms with Crippen molar-refractivity contribution in [3.8, 4) is 0 Å². The SMILES string of the molecule is Cn1cc(Br)cc1C(=O)NC1C=CC(C(=O)O)C1. The zero-order valence-corrected chi connectivity index (χ0v) is 11.3. The molecule has 2 atom stereocenters. The number of halogens is 1. The van der Waals surface area contributed by atoms with Crippen LogP contribution < -0.4 is 5.32 Å². The number of aliphatic carboxylic acids is 1. The van der Waals surface area contributed by atoms with Gasteiger partial charge in [-0.1, -0.05) is 12.2 Å². The van der Waals surface area contributed by atoms with Gasteiger partial charge in [0, 0.05) is 23.8 Å². The normalized spacial score (nSPS) is 22.1. The van der Waals surface area contributed by atoms with Crippen LogP contribution in [-0.4, -0.2) is 27.6 Å². The van der Waals surface area contributed by atoms with Crippen LogP contribution in [0, 0.1) is 5.92 Å². The fraction of sp³-hybridized carbons (Fsp3) is 0.333. The van der Waals surface area contributed by atoms with Gasteiger partial charge in [-0.3, -0.25) is 9.59 Å². The molecule has 5 nitrogen and oxygen atoms in total. The molecule has 2 rings (SSSR count). The Bertz CT molecular complexity index is 521. The van der Waals surface area contributed by atoms with Gasteiger partial charge in [-0.25, -0.2) is 0 Å². The van der Waals surface area contributed by atoms with Crippen LogP contribution in [0.4, 0.5) is 0 Å². The van der Waals surface area contributed by atoms with Crippen molar-refractivity contribution < 1.29 is 14.7 Å². The zero-order valence-electron chi connectivity index (χ0n) is 9.76. The summed E-state index contributed by atoms with van der Waals surface area (Å²) >= 11 is 3.30. The maximum Gasteiger partial charge on any atom is 0.310 e. The first-order chi connectivity index (χ1) is 8.47. The third-order valence-electron chi connectivity index (χ3n) is 2.92. The second-order valence-corrected chi connectivity index (χ2v) is 5.22. The molecule has 0 fully saturated rings. The van der Waals surface area contributed by atoms with Gasteiger partial charge in [0.15, 0.2) is 0 Å². The number of amides is 1. The van der Waals surface area contributed by atoms with Gasteiger partial charge in [-0.05, 0) is 28.4 Å². The van der Waals surface area contributed by atoms with Crippen molar-refractivity contribution in [2.75, 3.05) is 0 Å². The van der Waals surface area contributed by atoms with Gasteiger partial charge in [-0.15, -0.1) is 0 Å². The maximum absolute atomic E-state index is 12.0. The van der Waals surface area contributed by atoms with Gasteiger partial charge in [-0.2, -0.15) is 0 Å². The van der Waals surface area contributed by atoms with Crippen LogP contribution in [0.1, 0.15) is 16.9 Å². The Balaban J connectivity index is 2.00. The Labute approximate surface area is 113 Å². The van der Waals surface area contributed by atoms with Crippen molar-refractivity contribution >= 4 is 27.8 Å². The van der Waals surface area contributed by atoms with E-state index in [9.17, 15) is 9.59 Å². The molecule has 0 saturated carbocycles. The van der Waals surface area contributed by atoms with E-state index in [4.69, 9.17) is 5.11 Å². The van der Waals surface area contributed by atoms with Crippen molar-refractivity contribution in [1.29, 1.82) is 0 Å². The highest BCUT2D eigenvalue weighted by Gasteiger charge is 2.26. The van der Waals surface area contributed by atoms with Crippen molar-refractivity contribution in [3.63, 3.8) is 0 Å². The minimum atomic E-state index is -0.857. The lowest BCUT2D eigenvalue weighted by Gasteiger charge is -2.12. The van der Waals surface area contributed by atoms with Crippen LogP contribution in [-0.2, 0) is 11.8 Å². The third-order valence-corrected chi connectivity index (χ3v) is 3.36. The van der Waals surface area contributed by atoms with E-state index in [1.165, 1.54) is 0 Å². The fourth-order valence-electron chi connectivity index (χ4n) is 1.98. The number of carbonyl (C=O) groups is 2. The summed E-state index contributed by atoms with van der Waals surface area (Å²) < 4.78 is 2.55. The van der Waals surface area contributed by atoms with E-state index >= 15 is 0 Å². The summed E-state index contributed by atoms with van der Waals surface area (Å²) in [6.45, 7) is 0. The van der Waals surface area contributed by atoms with Crippen molar-refractivity contribution in [2.24, 2.45) is 13.0 Å². The first-order valence-electron chi connectivity index (χ1n) is 5.51. The lowest BCUT2D eigenvalue weighted by atomic mass is 10.1. The molecule has 1 heterocycles. The fourth-order valence-corrected chi connectivity index (χ4v) is 2.51. The van der Waals surface area contributed by atoms with Crippen LogP contribution in [0.15, 0.2) is 28.9 Å². The van der Waals surface area contributed by atoms with Gasteiger partial charge in [0.25, 0.3) is 5.91 Å². The molecular formula is C12H13BrN2O3. The summed E-state index contributed by atoms with van der Waals surface area (Å²) in [4.78, 5) is 22.8. The van der Waals surface area contributed by atoms with E-state index in [-0.39, 0.29) is 11.9 Å². The Kier molecular flexibility index (Phi) is 3.56. The minimum absolute atomic E-state index is 0.205. The van der Waals surface area contributed by atoms with Gasteiger partial charge in [0.1, 0.15) is 5.69 Å². The largest absolute Gasteiger partial charge is 0.481 e. The Morgan fingerprint density at radius 3 is 2.72 bits per heavy atom.